The van der Waals surface area contributed by atoms with E-state index in [0.717, 1.165) is 18.7 Å². The smallest absolute Gasteiger partial charge is 0.105 e. The van der Waals surface area contributed by atoms with E-state index in [1.165, 1.54) is 25.7 Å². The first-order valence-corrected chi connectivity index (χ1v) is 6.78. The van der Waals surface area contributed by atoms with Crippen molar-refractivity contribution in [1.29, 1.82) is 0 Å². The molecule has 3 atom stereocenters. The second-order valence-electron chi connectivity index (χ2n) is 5.24. The Morgan fingerprint density at radius 1 is 1.47 bits per heavy atom. The molecule has 1 aliphatic carbocycles. The van der Waals surface area contributed by atoms with Crippen LogP contribution in [0.25, 0.3) is 0 Å². The molecule has 3 N–H and O–H groups in total. The van der Waals surface area contributed by atoms with E-state index in [1.807, 2.05) is 12.1 Å². The Balaban J connectivity index is 1.82. The maximum absolute atomic E-state index is 5.85. The molecule has 0 aliphatic heterocycles. The zero-order valence-corrected chi connectivity index (χ0v) is 10.7. The molecule has 1 heterocycles. The van der Waals surface area contributed by atoms with Crippen molar-refractivity contribution in [2.24, 2.45) is 11.7 Å². The van der Waals surface area contributed by atoms with Crippen LogP contribution in [-0.2, 0) is 6.42 Å². The Hall–Kier alpha value is -0.800. The largest absolute Gasteiger partial charge is 0.469 e. The highest BCUT2D eigenvalue weighted by Crippen LogP contribution is 2.24. The van der Waals surface area contributed by atoms with Gasteiger partial charge in [0, 0.05) is 18.5 Å². The standard InChI is InChI=1S/C14H24N2O/c1-11(9-13-6-4-8-17-13)16-14-7-3-2-5-12(14)10-15/h4,6,8,11-12,14,16H,2-3,5,7,9-10,15H2,1H3. The van der Waals surface area contributed by atoms with Gasteiger partial charge < -0.3 is 15.5 Å². The molecular weight excluding hydrogens is 212 g/mol. The molecule has 3 nitrogen and oxygen atoms in total. The zero-order chi connectivity index (χ0) is 12.1. The first kappa shape index (κ1) is 12.7. The van der Waals surface area contributed by atoms with Crippen LogP contribution in [0.2, 0.25) is 0 Å². The molecule has 0 bridgehead atoms. The van der Waals surface area contributed by atoms with Crippen LogP contribution < -0.4 is 11.1 Å². The van der Waals surface area contributed by atoms with Crippen LogP contribution in [0.1, 0.15) is 38.4 Å². The lowest BCUT2D eigenvalue weighted by Crippen LogP contribution is -2.46. The molecule has 1 aliphatic rings. The summed E-state index contributed by atoms with van der Waals surface area (Å²) in [4.78, 5) is 0. The number of hydrogen-bond donors (Lipinski definition) is 2. The molecule has 0 saturated heterocycles. The van der Waals surface area contributed by atoms with Gasteiger partial charge >= 0.3 is 0 Å². The second kappa shape index (κ2) is 6.22. The Morgan fingerprint density at radius 2 is 2.29 bits per heavy atom. The molecule has 96 valence electrons. The van der Waals surface area contributed by atoms with E-state index in [2.05, 4.69) is 12.2 Å². The molecule has 0 spiro atoms. The van der Waals surface area contributed by atoms with Crippen molar-refractivity contribution in [3.63, 3.8) is 0 Å². The molecule has 0 radical (unpaired) electrons. The molecule has 0 amide bonds. The van der Waals surface area contributed by atoms with E-state index < -0.39 is 0 Å². The van der Waals surface area contributed by atoms with Gasteiger partial charge in [-0.2, -0.15) is 0 Å². The molecule has 1 saturated carbocycles. The third-order valence-corrected chi connectivity index (χ3v) is 3.80. The minimum absolute atomic E-state index is 0.457. The van der Waals surface area contributed by atoms with Crippen LogP contribution in [0.5, 0.6) is 0 Å². The summed E-state index contributed by atoms with van der Waals surface area (Å²) >= 11 is 0. The minimum Gasteiger partial charge on any atom is -0.469 e. The van der Waals surface area contributed by atoms with Crippen LogP contribution in [0.15, 0.2) is 22.8 Å². The first-order chi connectivity index (χ1) is 8.29. The monoisotopic (exact) mass is 236 g/mol. The van der Waals surface area contributed by atoms with Gasteiger partial charge in [0.1, 0.15) is 5.76 Å². The van der Waals surface area contributed by atoms with Gasteiger partial charge in [-0.3, -0.25) is 0 Å². The van der Waals surface area contributed by atoms with E-state index in [-0.39, 0.29) is 0 Å². The van der Waals surface area contributed by atoms with E-state index in [9.17, 15) is 0 Å². The van der Waals surface area contributed by atoms with Gasteiger partial charge in [-0.05, 0) is 44.4 Å². The normalized spacial score (nSPS) is 26.9. The summed E-state index contributed by atoms with van der Waals surface area (Å²) in [6, 6.07) is 5.04. The van der Waals surface area contributed by atoms with Gasteiger partial charge in [0.05, 0.1) is 6.26 Å². The maximum Gasteiger partial charge on any atom is 0.105 e. The second-order valence-corrected chi connectivity index (χ2v) is 5.24. The summed E-state index contributed by atoms with van der Waals surface area (Å²) in [5.41, 5.74) is 5.85. The molecule has 3 unspecified atom stereocenters. The number of nitrogens with two attached hydrogens (primary N) is 1. The highest BCUT2D eigenvalue weighted by molar-refractivity contribution is 5.00. The Labute approximate surface area is 104 Å². The molecule has 1 aromatic heterocycles. The third kappa shape index (κ3) is 3.58. The van der Waals surface area contributed by atoms with Gasteiger partial charge in [-0.25, -0.2) is 0 Å². The van der Waals surface area contributed by atoms with E-state index >= 15 is 0 Å². The minimum atomic E-state index is 0.457. The van der Waals surface area contributed by atoms with Crippen molar-refractivity contribution < 1.29 is 4.42 Å². The quantitative estimate of drug-likeness (QED) is 0.825. The van der Waals surface area contributed by atoms with Gasteiger partial charge in [0.15, 0.2) is 0 Å². The highest BCUT2D eigenvalue weighted by atomic mass is 16.3. The molecular formula is C14H24N2O. The highest BCUT2D eigenvalue weighted by Gasteiger charge is 2.24. The Kier molecular flexibility index (Phi) is 4.63. The summed E-state index contributed by atoms with van der Waals surface area (Å²) in [6.45, 7) is 3.04. The Morgan fingerprint density at radius 3 is 3.00 bits per heavy atom. The fourth-order valence-electron chi connectivity index (χ4n) is 2.86. The average molecular weight is 236 g/mol. The maximum atomic E-state index is 5.85. The zero-order valence-electron chi connectivity index (χ0n) is 10.7. The fraction of sp³-hybridized carbons (Fsp3) is 0.714. The van der Waals surface area contributed by atoms with Crippen molar-refractivity contribution in [3.8, 4) is 0 Å². The lowest BCUT2D eigenvalue weighted by molar-refractivity contribution is 0.248. The van der Waals surface area contributed by atoms with Crippen molar-refractivity contribution in [2.45, 2.75) is 51.1 Å². The van der Waals surface area contributed by atoms with Gasteiger partial charge in [0.2, 0.25) is 0 Å². The summed E-state index contributed by atoms with van der Waals surface area (Å²) in [6.07, 6.45) is 7.92. The van der Waals surface area contributed by atoms with Crippen molar-refractivity contribution in [2.75, 3.05) is 6.54 Å². The Bertz CT molecular complexity index is 310. The van der Waals surface area contributed by atoms with Gasteiger partial charge in [-0.1, -0.05) is 12.8 Å². The topological polar surface area (TPSA) is 51.2 Å². The van der Waals surface area contributed by atoms with Crippen LogP contribution in [-0.4, -0.2) is 18.6 Å². The predicted molar refractivity (Wildman–Crippen MR) is 69.8 cm³/mol. The number of nitrogens with one attached hydrogen (secondary N) is 1. The summed E-state index contributed by atoms with van der Waals surface area (Å²) < 4.78 is 5.38. The number of rotatable bonds is 5. The summed E-state index contributed by atoms with van der Waals surface area (Å²) in [7, 11) is 0. The number of furan rings is 1. The van der Waals surface area contributed by atoms with Crippen molar-refractivity contribution in [1.82, 2.24) is 5.32 Å². The van der Waals surface area contributed by atoms with E-state index in [1.54, 1.807) is 6.26 Å². The molecule has 17 heavy (non-hydrogen) atoms. The predicted octanol–water partition coefficient (Wildman–Crippen LogP) is 2.32. The van der Waals surface area contributed by atoms with Crippen LogP contribution >= 0.6 is 0 Å². The SMILES string of the molecule is CC(Cc1ccco1)NC1CCCCC1CN. The van der Waals surface area contributed by atoms with Crippen molar-refractivity contribution >= 4 is 0 Å². The lowest BCUT2D eigenvalue weighted by Gasteiger charge is -2.33. The molecule has 1 aromatic rings. The van der Waals surface area contributed by atoms with E-state index in [0.29, 0.717) is 18.0 Å². The molecule has 1 fully saturated rings. The van der Waals surface area contributed by atoms with E-state index in [4.69, 9.17) is 10.2 Å². The van der Waals surface area contributed by atoms with Gasteiger partial charge in [-0.15, -0.1) is 0 Å². The summed E-state index contributed by atoms with van der Waals surface area (Å²) in [5, 5.41) is 3.72. The van der Waals surface area contributed by atoms with Crippen LogP contribution in [0.4, 0.5) is 0 Å². The van der Waals surface area contributed by atoms with Crippen LogP contribution in [0, 0.1) is 5.92 Å². The average Bonchev–Trinajstić information content (AvgIpc) is 2.82. The molecule has 3 heteroatoms. The molecule has 0 aromatic carbocycles. The summed E-state index contributed by atoms with van der Waals surface area (Å²) in [5.74, 6) is 1.72. The lowest BCUT2D eigenvalue weighted by atomic mass is 9.84. The van der Waals surface area contributed by atoms with Gasteiger partial charge in [0.25, 0.3) is 0 Å². The van der Waals surface area contributed by atoms with Crippen molar-refractivity contribution in [3.05, 3.63) is 24.2 Å². The van der Waals surface area contributed by atoms with Crippen LogP contribution in [0.3, 0.4) is 0 Å². The molecule has 2 rings (SSSR count). The third-order valence-electron chi connectivity index (χ3n) is 3.80. The first-order valence-electron chi connectivity index (χ1n) is 6.78. The fourth-order valence-corrected chi connectivity index (χ4v) is 2.86. The number of hydrogen-bond acceptors (Lipinski definition) is 3.